The van der Waals surface area contributed by atoms with Crippen molar-refractivity contribution in [2.24, 2.45) is 0 Å². The summed E-state index contributed by atoms with van der Waals surface area (Å²) in [7, 11) is 0. The summed E-state index contributed by atoms with van der Waals surface area (Å²) in [4.78, 5) is 12.9. The number of carbonyl (C=O) groups excluding carboxylic acids is 1. The maximum atomic E-state index is 12.1. The lowest BCUT2D eigenvalue weighted by atomic mass is 10.3. The molecule has 0 fully saturated rings. The summed E-state index contributed by atoms with van der Waals surface area (Å²) in [5.41, 5.74) is 4.07. The molecule has 3 aromatic heterocycles. The van der Waals surface area contributed by atoms with E-state index in [0.29, 0.717) is 13.1 Å². The van der Waals surface area contributed by atoms with Crippen LogP contribution in [0.1, 0.15) is 27.9 Å². The molecule has 0 aliphatic carbocycles. The van der Waals surface area contributed by atoms with Gasteiger partial charge in [-0.15, -0.1) is 11.3 Å². The first kappa shape index (κ1) is 14.8. The zero-order chi connectivity index (χ0) is 15.7. The third-order valence-corrected chi connectivity index (χ3v) is 4.70. The first-order valence-electron chi connectivity index (χ1n) is 7.33. The number of aromatic nitrogens is 4. The number of rotatable bonds is 5. The van der Waals surface area contributed by atoms with Crippen LogP contribution in [0.4, 0.5) is 0 Å². The van der Waals surface area contributed by atoms with Gasteiger partial charge in [0.2, 0.25) is 0 Å². The summed E-state index contributed by atoms with van der Waals surface area (Å²) in [6.07, 6.45) is 1.84. The van der Waals surface area contributed by atoms with Crippen molar-refractivity contribution < 1.29 is 4.79 Å². The maximum Gasteiger partial charge on any atom is 0.261 e. The Hall–Kier alpha value is -2.15. The van der Waals surface area contributed by atoms with Crippen LogP contribution in [0.15, 0.2) is 17.6 Å². The highest BCUT2D eigenvalue weighted by molar-refractivity contribution is 7.12. The molecule has 116 valence electrons. The molecular formula is C15H19N5OS. The molecule has 0 spiro atoms. The molecule has 22 heavy (non-hydrogen) atoms. The second kappa shape index (κ2) is 5.92. The highest BCUT2D eigenvalue weighted by Gasteiger charge is 2.13. The van der Waals surface area contributed by atoms with Crippen LogP contribution in [0.25, 0.3) is 11.0 Å². The van der Waals surface area contributed by atoms with Crippen LogP contribution in [0.2, 0.25) is 0 Å². The lowest BCUT2D eigenvalue weighted by molar-refractivity contribution is 0.0955. The number of nitrogens with zero attached hydrogens (tertiary/aromatic N) is 4. The standard InChI is InChI=1S/C15H19N5OS/c1-4-19-12-9-17-20(13(12)11(3)18-19)7-6-16-15(21)14-10(2)5-8-22-14/h5,8-9H,4,6-7H2,1-3H3,(H,16,21). The Labute approximate surface area is 132 Å². The fraction of sp³-hybridized carbons (Fsp3) is 0.400. The van der Waals surface area contributed by atoms with Crippen molar-refractivity contribution in [1.82, 2.24) is 24.9 Å². The van der Waals surface area contributed by atoms with Crippen LogP contribution in [0.5, 0.6) is 0 Å². The molecule has 0 saturated heterocycles. The van der Waals surface area contributed by atoms with Crippen molar-refractivity contribution in [3.8, 4) is 0 Å². The molecular weight excluding hydrogens is 298 g/mol. The quantitative estimate of drug-likeness (QED) is 0.785. The minimum Gasteiger partial charge on any atom is -0.349 e. The van der Waals surface area contributed by atoms with Gasteiger partial charge in [-0.1, -0.05) is 0 Å². The van der Waals surface area contributed by atoms with Crippen molar-refractivity contribution in [3.05, 3.63) is 33.8 Å². The Morgan fingerprint density at radius 2 is 2.18 bits per heavy atom. The number of thiophene rings is 1. The summed E-state index contributed by atoms with van der Waals surface area (Å²) in [6, 6.07) is 1.96. The lowest BCUT2D eigenvalue weighted by Crippen LogP contribution is -2.27. The van der Waals surface area contributed by atoms with Gasteiger partial charge in [0.1, 0.15) is 11.0 Å². The second-order valence-electron chi connectivity index (χ2n) is 5.19. The van der Waals surface area contributed by atoms with Gasteiger partial charge in [0.25, 0.3) is 5.91 Å². The molecule has 1 amide bonds. The molecule has 0 atom stereocenters. The average Bonchev–Trinajstić information content (AvgIpc) is 3.17. The Kier molecular flexibility index (Phi) is 3.98. The molecule has 0 aliphatic rings. The largest absolute Gasteiger partial charge is 0.349 e. The topological polar surface area (TPSA) is 64.7 Å². The van der Waals surface area contributed by atoms with Crippen LogP contribution >= 0.6 is 11.3 Å². The van der Waals surface area contributed by atoms with Gasteiger partial charge >= 0.3 is 0 Å². The van der Waals surface area contributed by atoms with Gasteiger partial charge in [0, 0.05) is 13.1 Å². The van der Waals surface area contributed by atoms with Crippen LogP contribution in [-0.2, 0) is 13.1 Å². The molecule has 3 rings (SSSR count). The summed E-state index contributed by atoms with van der Waals surface area (Å²) in [6.45, 7) is 8.00. The monoisotopic (exact) mass is 317 g/mol. The number of amides is 1. The first-order valence-corrected chi connectivity index (χ1v) is 8.21. The highest BCUT2D eigenvalue weighted by Crippen LogP contribution is 2.18. The van der Waals surface area contributed by atoms with E-state index < -0.39 is 0 Å². The number of hydrogen-bond acceptors (Lipinski definition) is 4. The summed E-state index contributed by atoms with van der Waals surface area (Å²) in [5.74, 6) is -0.0168. The van der Waals surface area contributed by atoms with Crippen molar-refractivity contribution in [2.75, 3.05) is 6.54 Å². The Balaban J connectivity index is 1.68. The normalized spacial score (nSPS) is 11.2. The molecule has 6 nitrogen and oxygen atoms in total. The minimum atomic E-state index is -0.0168. The smallest absolute Gasteiger partial charge is 0.261 e. The number of aryl methyl sites for hydroxylation is 3. The van der Waals surface area contributed by atoms with Crippen LogP contribution < -0.4 is 5.32 Å². The first-order chi connectivity index (χ1) is 10.6. The van der Waals surface area contributed by atoms with Gasteiger partial charge in [-0.3, -0.25) is 14.2 Å². The van der Waals surface area contributed by atoms with Crippen LogP contribution in [0, 0.1) is 13.8 Å². The van der Waals surface area contributed by atoms with E-state index in [9.17, 15) is 4.79 Å². The van der Waals surface area contributed by atoms with E-state index in [0.717, 1.165) is 33.7 Å². The zero-order valence-corrected chi connectivity index (χ0v) is 13.8. The summed E-state index contributed by atoms with van der Waals surface area (Å²) >= 11 is 1.47. The Morgan fingerprint density at radius 3 is 2.86 bits per heavy atom. The molecule has 7 heteroatoms. The molecule has 3 heterocycles. The van der Waals surface area contributed by atoms with E-state index in [4.69, 9.17) is 0 Å². The number of nitrogens with one attached hydrogen (secondary N) is 1. The van der Waals surface area contributed by atoms with Crippen LogP contribution in [0.3, 0.4) is 0 Å². The zero-order valence-electron chi connectivity index (χ0n) is 13.0. The van der Waals surface area contributed by atoms with E-state index >= 15 is 0 Å². The molecule has 1 N–H and O–H groups in total. The lowest BCUT2D eigenvalue weighted by Gasteiger charge is -2.05. The summed E-state index contributed by atoms with van der Waals surface area (Å²) in [5, 5.41) is 13.8. The van der Waals surface area contributed by atoms with Gasteiger partial charge in [-0.05, 0) is 37.8 Å². The van der Waals surface area contributed by atoms with Gasteiger partial charge < -0.3 is 5.32 Å². The number of carbonyl (C=O) groups is 1. The van der Waals surface area contributed by atoms with E-state index in [1.165, 1.54) is 11.3 Å². The molecule has 0 aliphatic heterocycles. The van der Waals surface area contributed by atoms with E-state index in [2.05, 4.69) is 22.4 Å². The van der Waals surface area contributed by atoms with E-state index in [1.54, 1.807) is 0 Å². The summed E-state index contributed by atoms with van der Waals surface area (Å²) < 4.78 is 3.85. The van der Waals surface area contributed by atoms with Gasteiger partial charge in [-0.25, -0.2) is 0 Å². The van der Waals surface area contributed by atoms with Gasteiger partial charge in [0.15, 0.2) is 0 Å². The predicted octanol–water partition coefficient (Wildman–Crippen LogP) is 2.36. The van der Waals surface area contributed by atoms with E-state index in [-0.39, 0.29) is 5.91 Å². The molecule has 3 aromatic rings. The third-order valence-electron chi connectivity index (χ3n) is 3.69. The Bertz CT molecular complexity index is 813. The van der Waals surface area contributed by atoms with Crippen molar-refractivity contribution in [1.29, 1.82) is 0 Å². The van der Waals surface area contributed by atoms with Crippen molar-refractivity contribution in [2.45, 2.75) is 33.9 Å². The van der Waals surface area contributed by atoms with Crippen molar-refractivity contribution in [3.63, 3.8) is 0 Å². The average molecular weight is 317 g/mol. The maximum absolute atomic E-state index is 12.1. The third kappa shape index (κ3) is 2.52. The molecule has 0 radical (unpaired) electrons. The molecule has 0 unspecified atom stereocenters. The fourth-order valence-electron chi connectivity index (χ4n) is 2.59. The predicted molar refractivity (Wildman–Crippen MR) is 87.3 cm³/mol. The number of hydrogen-bond donors (Lipinski definition) is 1. The van der Waals surface area contributed by atoms with E-state index in [1.807, 2.05) is 40.9 Å². The number of fused-ring (bicyclic) bond motifs is 1. The Morgan fingerprint density at radius 1 is 1.36 bits per heavy atom. The fourth-order valence-corrected chi connectivity index (χ4v) is 3.43. The molecule has 0 bridgehead atoms. The SMILES string of the molecule is CCn1nc(C)c2c1cnn2CCNC(=O)c1sccc1C. The highest BCUT2D eigenvalue weighted by atomic mass is 32.1. The van der Waals surface area contributed by atoms with Gasteiger partial charge in [0.05, 0.1) is 23.3 Å². The minimum absolute atomic E-state index is 0.0168. The van der Waals surface area contributed by atoms with Crippen molar-refractivity contribution >= 4 is 28.3 Å². The molecule has 0 aromatic carbocycles. The van der Waals surface area contributed by atoms with Crippen LogP contribution in [-0.4, -0.2) is 32.0 Å². The van der Waals surface area contributed by atoms with Gasteiger partial charge in [-0.2, -0.15) is 10.2 Å². The second-order valence-corrected chi connectivity index (χ2v) is 6.11. The molecule has 0 saturated carbocycles.